The van der Waals surface area contributed by atoms with Crippen LogP contribution in [0.3, 0.4) is 0 Å². The van der Waals surface area contributed by atoms with E-state index in [1.165, 1.54) is 25.9 Å². The molecule has 2 N–H and O–H groups in total. The molecule has 0 saturated carbocycles. The molecule has 1 amide bonds. The SMILES string of the molecule is Cc1cccc(OCC(=O)Nc2ccc3c(c2)nc(CC[NH+]2CCC(C)CC2)n3C)c1. The number of aryl methyl sites for hydroxylation is 2. The summed E-state index contributed by atoms with van der Waals surface area (Å²) in [6.07, 6.45) is 3.63. The fourth-order valence-electron chi connectivity index (χ4n) is 4.31. The van der Waals surface area contributed by atoms with E-state index >= 15 is 0 Å². The van der Waals surface area contributed by atoms with Crippen LogP contribution in [-0.2, 0) is 18.3 Å². The van der Waals surface area contributed by atoms with Gasteiger partial charge in [-0.25, -0.2) is 4.98 Å². The van der Waals surface area contributed by atoms with E-state index in [9.17, 15) is 4.79 Å². The van der Waals surface area contributed by atoms with E-state index in [1.807, 2.05) is 49.4 Å². The number of rotatable bonds is 7. The summed E-state index contributed by atoms with van der Waals surface area (Å²) in [6, 6.07) is 13.6. The minimum absolute atomic E-state index is 0.0216. The molecule has 6 heteroatoms. The number of nitrogens with one attached hydrogen (secondary N) is 2. The maximum absolute atomic E-state index is 12.3. The summed E-state index contributed by atoms with van der Waals surface area (Å²) < 4.78 is 7.77. The number of anilines is 1. The topological polar surface area (TPSA) is 60.6 Å². The van der Waals surface area contributed by atoms with Crippen molar-refractivity contribution in [3.63, 3.8) is 0 Å². The molecular weight excluding hydrogens is 388 g/mol. The molecule has 0 atom stereocenters. The third-order valence-corrected chi connectivity index (χ3v) is 6.30. The van der Waals surface area contributed by atoms with Crippen molar-refractivity contribution < 1.29 is 14.4 Å². The molecule has 0 bridgehead atoms. The van der Waals surface area contributed by atoms with Gasteiger partial charge in [0, 0.05) is 12.7 Å². The number of benzene rings is 2. The number of hydrogen-bond donors (Lipinski definition) is 2. The van der Waals surface area contributed by atoms with Crippen molar-refractivity contribution in [2.75, 3.05) is 31.6 Å². The van der Waals surface area contributed by atoms with Crippen molar-refractivity contribution in [3.05, 3.63) is 53.9 Å². The van der Waals surface area contributed by atoms with Crippen LogP contribution in [0.4, 0.5) is 5.69 Å². The molecule has 164 valence electrons. The first-order valence-electron chi connectivity index (χ1n) is 11.3. The lowest BCUT2D eigenvalue weighted by molar-refractivity contribution is -0.906. The van der Waals surface area contributed by atoms with E-state index in [-0.39, 0.29) is 12.5 Å². The summed E-state index contributed by atoms with van der Waals surface area (Å²) in [5.74, 6) is 2.49. The molecule has 1 fully saturated rings. The average Bonchev–Trinajstić information content (AvgIpc) is 3.07. The normalized spacial score (nSPS) is 18.8. The lowest BCUT2D eigenvalue weighted by Crippen LogP contribution is -3.13. The van der Waals surface area contributed by atoms with Gasteiger partial charge in [-0.2, -0.15) is 0 Å². The Kier molecular flexibility index (Phi) is 6.56. The minimum Gasteiger partial charge on any atom is -0.484 e. The quantitative estimate of drug-likeness (QED) is 0.617. The summed E-state index contributed by atoms with van der Waals surface area (Å²) in [4.78, 5) is 18.9. The number of nitrogens with zero attached hydrogens (tertiary/aromatic N) is 2. The fourth-order valence-corrected chi connectivity index (χ4v) is 4.31. The van der Waals surface area contributed by atoms with Gasteiger partial charge in [-0.1, -0.05) is 19.1 Å². The van der Waals surface area contributed by atoms with Gasteiger partial charge in [-0.15, -0.1) is 0 Å². The van der Waals surface area contributed by atoms with Crippen molar-refractivity contribution in [2.24, 2.45) is 13.0 Å². The molecular formula is C25H33N4O2+. The van der Waals surface area contributed by atoms with Crippen molar-refractivity contribution >= 4 is 22.6 Å². The Bertz CT molecular complexity index is 1050. The number of aromatic nitrogens is 2. The van der Waals surface area contributed by atoms with E-state index in [0.29, 0.717) is 5.75 Å². The summed E-state index contributed by atoms with van der Waals surface area (Å²) in [5.41, 5.74) is 3.85. The van der Waals surface area contributed by atoms with Crippen LogP contribution in [0, 0.1) is 12.8 Å². The zero-order valence-electron chi connectivity index (χ0n) is 18.8. The van der Waals surface area contributed by atoms with Gasteiger partial charge >= 0.3 is 0 Å². The Morgan fingerprint density at radius 3 is 2.81 bits per heavy atom. The van der Waals surface area contributed by atoms with Crippen LogP contribution >= 0.6 is 0 Å². The minimum atomic E-state index is -0.181. The summed E-state index contributed by atoms with van der Waals surface area (Å²) in [7, 11) is 2.08. The Balaban J connectivity index is 1.35. The highest BCUT2D eigenvalue weighted by Crippen LogP contribution is 2.20. The number of imidazole rings is 1. The van der Waals surface area contributed by atoms with Crippen LogP contribution in [0.2, 0.25) is 0 Å². The smallest absolute Gasteiger partial charge is 0.262 e. The molecule has 31 heavy (non-hydrogen) atoms. The third kappa shape index (κ3) is 5.44. The zero-order chi connectivity index (χ0) is 21.8. The summed E-state index contributed by atoms with van der Waals surface area (Å²) >= 11 is 0. The van der Waals surface area contributed by atoms with Gasteiger partial charge in [-0.05, 0) is 61.6 Å². The zero-order valence-corrected chi connectivity index (χ0v) is 18.8. The Labute approximate surface area is 184 Å². The largest absolute Gasteiger partial charge is 0.484 e. The average molecular weight is 422 g/mol. The summed E-state index contributed by atoms with van der Waals surface area (Å²) in [6.45, 7) is 8.00. The van der Waals surface area contributed by atoms with E-state index in [0.717, 1.165) is 47.0 Å². The molecule has 2 heterocycles. The first-order valence-corrected chi connectivity index (χ1v) is 11.3. The first-order chi connectivity index (χ1) is 15.0. The number of carbonyl (C=O) groups is 1. The molecule has 0 spiro atoms. The molecule has 0 aliphatic carbocycles. The first kappa shape index (κ1) is 21.4. The summed E-state index contributed by atoms with van der Waals surface area (Å²) in [5, 5.41) is 2.92. The second-order valence-electron chi connectivity index (χ2n) is 8.88. The number of amides is 1. The van der Waals surface area contributed by atoms with E-state index < -0.39 is 0 Å². The van der Waals surface area contributed by atoms with Gasteiger partial charge in [0.2, 0.25) is 0 Å². The molecule has 1 aliphatic heterocycles. The van der Waals surface area contributed by atoms with Crippen LogP contribution in [0.1, 0.15) is 31.2 Å². The van der Waals surface area contributed by atoms with Gasteiger partial charge in [0.15, 0.2) is 6.61 Å². The van der Waals surface area contributed by atoms with Gasteiger partial charge in [-0.3, -0.25) is 4.79 Å². The number of carbonyl (C=O) groups excluding carboxylic acids is 1. The van der Waals surface area contributed by atoms with Crippen LogP contribution in [0.25, 0.3) is 11.0 Å². The van der Waals surface area contributed by atoms with Crippen molar-refractivity contribution in [1.82, 2.24) is 9.55 Å². The van der Waals surface area contributed by atoms with Gasteiger partial charge in [0.05, 0.1) is 37.1 Å². The van der Waals surface area contributed by atoms with Crippen molar-refractivity contribution in [3.8, 4) is 5.75 Å². The maximum Gasteiger partial charge on any atom is 0.262 e. The number of piperidine rings is 1. The fraction of sp³-hybridized carbons (Fsp3) is 0.440. The van der Waals surface area contributed by atoms with E-state index in [1.54, 1.807) is 4.90 Å². The van der Waals surface area contributed by atoms with Crippen LogP contribution in [0.5, 0.6) is 5.75 Å². The second kappa shape index (κ2) is 9.52. The monoisotopic (exact) mass is 421 g/mol. The van der Waals surface area contributed by atoms with Crippen LogP contribution in [-0.4, -0.2) is 41.7 Å². The maximum atomic E-state index is 12.3. The molecule has 0 unspecified atom stereocenters. The highest BCUT2D eigenvalue weighted by molar-refractivity contribution is 5.94. The van der Waals surface area contributed by atoms with Gasteiger partial charge in [0.1, 0.15) is 11.6 Å². The Morgan fingerprint density at radius 2 is 2.03 bits per heavy atom. The molecule has 1 aliphatic rings. The predicted octanol–water partition coefficient (Wildman–Crippen LogP) is 2.76. The lowest BCUT2D eigenvalue weighted by Gasteiger charge is -2.27. The van der Waals surface area contributed by atoms with Crippen molar-refractivity contribution in [1.29, 1.82) is 0 Å². The van der Waals surface area contributed by atoms with Gasteiger partial charge in [0.25, 0.3) is 5.91 Å². The number of fused-ring (bicyclic) bond motifs is 1. The Hall–Kier alpha value is -2.86. The highest BCUT2D eigenvalue weighted by Gasteiger charge is 2.19. The van der Waals surface area contributed by atoms with Crippen LogP contribution in [0.15, 0.2) is 42.5 Å². The molecule has 1 saturated heterocycles. The predicted molar refractivity (Wildman–Crippen MR) is 124 cm³/mol. The molecule has 6 nitrogen and oxygen atoms in total. The number of hydrogen-bond acceptors (Lipinski definition) is 3. The molecule has 4 rings (SSSR count). The molecule has 3 aromatic rings. The Morgan fingerprint density at radius 1 is 1.23 bits per heavy atom. The lowest BCUT2D eigenvalue weighted by atomic mass is 9.99. The third-order valence-electron chi connectivity index (χ3n) is 6.30. The molecule has 1 aromatic heterocycles. The van der Waals surface area contributed by atoms with Crippen molar-refractivity contribution in [2.45, 2.75) is 33.1 Å². The highest BCUT2D eigenvalue weighted by atomic mass is 16.5. The van der Waals surface area contributed by atoms with E-state index in [4.69, 9.17) is 9.72 Å². The number of likely N-dealkylation sites (tertiary alicyclic amines) is 1. The molecule has 2 aromatic carbocycles. The van der Waals surface area contributed by atoms with E-state index in [2.05, 4.69) is 23.9 Å². The number of ether oxygens (including phenoxy) is 1. The van der Waals surface area contributed by atoms with Gasteiger partial charge < -0.3 is 19.5 Å². The molecule has 0 radical (unpaired) electrons. The van der Waals surface area contributed by atoms with Crippen LogP contribution < -0.4 is 15.0 Å². The standard InChI is InChI=1S/C25H32N4O2/c1-18-9-12-29(13-10-18)14-11-24-27-22-16-20(7-8-23(22)28(24)3)26-25(30)17-31-21-6-4-5-19(2)15-21/h4-8,15-16,18H,9-14,17H2,1-3H3,(H,26,30)/p+1. The number of quaternary nitrogens is 1. The second-order valence-corrected chi connectivity index (χ2v) is 8.88.